The Kier molecular flexibility index (Phi) is 3.91. The van der Waals surface area contributed by atoms with Gasteiger partial charge in [0.25, 0.3) is 0 Å². The Bertz CT molecular complexity index is 715. The van der Waals surface area contributed by atoms with Crippen LogP contribution in [0, 0.1) is 0 Å². The van der Waals surface area contributed by atoms with Crippen molar-refractivity contribution in [2.24, 2.45) is 0 Å². The molecule has 3 aromatic rings. The van der Waals surface area contributed by atoms with E-state index < -0.39 is 0 Å². The van der Waals surface area contributed by atoms with E-state index in [2.05, 4.69) is 39.6 Å². The maximum Gasteiger partial charge on any atom is 0.321 e. The second kappa shape index (κ2) is 6.01. The van der Waals surface area contributed by atoms with E-state index in [1.165, 1.54) is 0 Å². The van der Waals surface area contributed by atoms with E-state index in [1.54, 1.807) is 6.20 Å². The number of hydrogen-bond acceptors (Lipinski definition) is 5. The average Bonchev–Trinajstić information content (AvgIpc) is 3.19. The standard InChI is InChI=1S/C16H19N5O/c1-11(2)15-19-16(22-20-15)18-12(3)13-5-7-14(8-6-13)21-10-4-9-17-21/h4-12H,1-3H3,(H,18,19,20). The van der Waals surface area contributed by atoms with Crippen LogP contribution in [-0.2, 0) is 0 Å². The molecular weight excluding hydrogens is 278 g/mol. The molecular formula is C16H19N5O. The number of anilines is 1. The van der Waals surface area contributed by atoms with Crippen molar-refractivity contribution in [2.75, 3.05) is 5.32 Å². The zero-order valence-electron chi connectivity index (χ0n) is 12.9. The van der Waals surface area contributed by atoms with Crippen molar-refractivity contribution >= 4 is 6.01 Å². The first-order valence-electron chi connectivity index (χ1n) is 7.33. The van der Waals surface area contributed by atoms with Crippen LogP contribution in [0.5, 0.6) is 0 Å². The molecule has 0 spiro atoms. The summed E-state index contributed by atoms with van der Waals surface area (Å²) < 4.78 is 7.04. The highest BCUT2D eigenvalue weighted by molar-refractivity contribution is 5.37. The van der Waals surface area contributed by atoms with Gasteiger partial charge in [-0.15, -0.1) is 0 Å². The summed E-state index contributed by atoms with van der Waals surface area (Å²) in [5.74, 6) is 0.965. The van der Waals surface area contributed by atoms with E-state index in [0.29, 0.717) is 11.8 Å². The molecule has 0 aliphatic heterocycles. The van der Waals surface area contributed by atoms with Crippen LogP contribution in [0.15, 0.2) is 47.2 Å². The van der Waals surface area contributed by atoms with Gasteiger partial charge in [-0.25, -0.2) is 4.68 Å². The molecule has 3 rings (SSSR count). The summed E-state index contributed by atoms with van der Waals surface area (Å²) in [6.07, 6.45) is 3.68. The molecule has 0 aliphatic carbocycles. The number of benzene rings is 1. The van der Waals surface area contributed by atoms with Crippen LogP contribution in [0.3, 0.4) is 0 Å². The maximum absolute atomic E-state index is 5.21. The van der Waals surface area contributed by atoms with Crippen molar-refractivity contribution in [3.63, 3.8) is 0 Å². The van der Waals surface area contributed by atoms with Crippen molar-refractivity contribution in [1.82, 2.24) is 19.9 Å². The second-order valence-corrected chi connectivity index (χ2v) is 5.52. The number of nitrogens with zero attached hydrogens (tertiary/aromatic N) is 4. The minimum atomic E-state index is 0.0760. The summed E-state index contributed by atoms with van der Waals surface area (Å²) in [6, 6.07) is 10.6. The Morgan fingerprint density at radius 2 is 1.91 bits per heavy atom. The van der Waals surface area contributed by atoms with Crippen molar-refractivity contribution < 1.29 is 4.52 Å². The molecule has 0 saturated carbocycles. The summed E-state index contributed by atoms with van der Waals surface area (Å²) in [5, 5.41) is 11.4. The Morgan fingerprint density at radius 1 is 1.14 bits per heavy atom. The van der Waals surface area contributed by atoms with Gasteiger partial charge in [0.05, 0.1) is 11.7 Å². The SMILES string of the molecule is CC(C)c1noc(NC(C)c2ccc(-n3cccn3)cc2)n1. The Balaban J connectivity index is 1.70. The summed E-state index contributed by atoms with van der Waals surface area (Å²) in [6.45, 7) is 6.13. The van der Waals surface area contributed by atoms with Crippen molar-refractivity contribution in [2.45, 2.75) is 32.7 Å². The molecule has 1 atom stereocenters. The largest absolute Gasteiger partial charge is 0.331 e. The van der Waals surface area contributed by atoms with Crippen LogP contribution in [0.1, 0.15) is 44.1 Å². The zero-order chi connectivity index (χ0) is 15.5. The average molecular weight is 297 g/mol. The van der Waals surface area contributed by atoms with Gasteiger partial charge >= 0.3 is 6.01 Å². The normalized spacial score (nSPS) is 12.5. The smallest absolute Gasteiger partial charge is 0.321 e. The van der Waals surface area contributed by atoms with Gasteiger partial charge < -0.3 is 9.84 Å². The lowest BCUT2D eigenvalue weighted by Gasteiger charge is -2.12. The lowest BCUT2D eigenvalue weighted by molar-refractivity contribution is 0.416. The monoisotopic (exact) mass is 297 g/mol. The molecule has 2 aromatic heterocycles. The number of aromatic nitrogens is 4. The first-order chi connectivity index (χ1) is 10.6. The molecule has 6 heteroatoms. The van der Waals surface area contributed by atoms with E-state index in [9.17, 15) is 0 Å². The Hall–Kier alpha value is -2.63. The topological polar surface area (TPSA) is 68.8 Å². The molecule has 1 unspecified atom stereocenters. The summed E-state index contributed by atoms with van der Waals surface area (Å²) in [4.78, 5) is 4.33. The number of rotatable bonds is 5. The fourth-order valence-electron chi connectivity index (χ4n) is 2.13. The maximum atomic E-state index is 5.21. The van der Waals surface area contributed by atoms with E-state index in [0.717, 1.165) is 11.3 Å². The molecule has 114 valence electrons. The summed E-state index contributed by atoms with van der Waals surface area (Å²) >= 11 is 0. The molecule has 0 fully saturated rings. The van der Waals surface area contributed by atoms with E-state index in [-0.39, 0.29) is 12.0 Å². The zero-order valence-corrected chi connectivity index (χ0v) is 12.9. The molecule has 2 heterocycles. The number of nitrogens with one attached hydrogen (secondary N) is 1. The van der Waals surface area contributed by atoms with Gasteiger partial charge in [0.2, 0.25) is 0 Å². The van der Waals surface area contributed by atoms with Gasteiger partial charge in [-0.05, 0) is 30.7 Å². The molecule has 0 saturated heterocycles. The lowest BCUT2D eigenvalue weighted by Crippen LogP contribution is -2.07. The third-order valence-electron chi connectivity index (χ3n) is 3.46. The summed E-state index contributed by atoms with van der Waals surface area (Å²) in [7, 11) is 0. The molecule has 0 bridgehead atoms. The first-order valence-corrected chi connectivity index (χ1v) is 7.33. The van der Waals surface area contributed by atoms with Crippen LogP contribution in [0.2, 0.25) is 0 Å². The van der Waals surface area contributed by atoms with Gasteiger partial charge in [-0.3, -0.25) is 0 Å². The van der Waals surface area contributed by atoms with Gasteiger partial charge in [-0.1, -0.05) is 31.1 Å². The van der Waals surface area contributed by atoms with Gasteiger partial charge in [-0.2, -0.15) is 10.1 Å². The lowest BCUT2D eigenvalue weighted by atomic mass is 10.1. The van der Waals surface area contributed by atoms with Gasteiger partial charge in [0.1, 0.15) is 0 Å². The Labute approximate surface area is 129 Å². The van der Waals surface area contributed by atoms with Crippen LogP contribution in [-0.4, -0.2) is 19.9 Å². The van der Waals surface area contributed by atoms with Crippen LogP contribution in [0.25, 0.3) is 5.69 Å². The minimum Gasteiger partial charge on any atom is -0.331 e. The third kappa shape index (κ3) is 3.00. The molecule has 0 aliphatic rings. The highest BCUT2D eigenvalue weighted by Crippen LogP contribution is 2.20. The second-order valence-electron chi connectivity index (χ2n) is 5.52. The molecule has 1 aromatic carbocycles. The molecule has 1 N–H and O–H groups in total. The fraction of sp³-hybridized carbons (Fsp3) is 0.312. The van der Waals surface area contributed by atoms with Crippen LogP contribution in [0.4, 0.5) is 6.01 Å². The first kappa shape index (κ1) is 14.3. The predicted molar refractivity (Wildman–Crippen MR) is 84.0 cm³/mol. The molecule has 22 heavy (non-hydrogen) atoms. The number of hydrogen-bond donors (Lipinski definition) is 1. The third-order valence-corrected chi connectivity index (χ3v) is 3.46. The highest BCUT2D eigenvalue weighted by Gasteiger charge is 2.13. The van der Waals surface area contributed by atoms with E-state index in [1.807, 2.05) is 42.9 Å². The van der Waals surface area contributed by atoms with Crippen LogP contribution >= 0.6 is 0 Å². The highest BCUT2D eigenvalue weighted by atomic mass is 16.5. The minimum absolute atomic E-state index is 0.0760. The van der Waals surface area contributed by atoms with E-state index in [4.69, 9.17) is 4.52 Å². The molecule has 6 nitrogen and oxygen atoms in total. The van der Waals surface area contributed by atoms with E-state index >= 15 is 0 Å². The fourth-order valence-corrected chi connectivity index (χ4v) is 2.13. The van der Waals surface area contributed by atoms with Crippen molar-refractivity contribution in [3.05, 3.63) is 54.1 Å². The summed E-state index contributed by atoms with van der Waals surface area (Å²) in [5.41, 5.74) is 2.17. The quantitative estimate of drug-likeness (QED) is 0.780. The predicted octanol–water partition coefficient (Wildman–Crippen LogP) is 3.55. The van der Waals surface area contributed by atoms with Gasteiger partial charge in [0, 0.05) is 18.3 Å². The van der Waals surface area contributed by atoms with Crippen LogP contribution < -0.4 is 5.32 Å². The van der Waals surface area contributed by atoms with Crippen molar-refractivity contribution in [3.8, 4) is 5.69 Å². The molecule has 0 radical (unpaired) electrons. The van der Waals surface area contributed by atoms with Crippen molar-refractivity contribution in [1.29, 1.82) is 0 Å². The Morgan fingerprint density at radius 3 is 2.50 bits per heavy atom. The van der Waals surface area contributed by atoms with Gasteiger partial charge in [0.15, 0.2) is 5.82 Å². The molecule has 0 amide bonds.